The fourth-order valence-electron chi connectivity index (χ4n) is 1.40. The lowest BCUT2D eigenvalue weighted by Gasteiger charge is -1.96. The molecule has 0 amide bonds. The third kappa shape index (κ3) is 1.55. The van der Waals surface area contributed by atoms with E-state index in [4.69, 9.17) is 5.73 Å². The SMILES string of the molecule is C[C@@H](N)c1nc2c([N+](=O)[O-])cccc2[nH]1. The molecule has 0 bridgehead atoms. The lowest BCUT2D eigenvalue weighted by molar-refractivity contribution is -0.383. The highest BCUT2D eigenvalue weighted by atomic mass is 16.6. The number of aromatic nitrogens is 2. The van der Waals surface area contributed by atoms with E-state index in [0.717, 1.165) is 0 Å². The van der Waals surface area contributed by atoms with Crippen LogP contribution >= 0.6 is 0 Å². The number of nitrogens with two attached hydrogens (primary N) is 1. The van der Waals surface area contributed by atoms with Crippen LogP contribution in [0.3, 0.4) is 0 Å². The van der Waals surface area contributed by atoms with E-state index in [9.17, 15) is 10.1 Å². The molecule has 1 atom stereocenters. The standard InChI is InChI=1S/C9H10N4O2/c1-5(10)9-11-6-3-2-4-7(13(14)15)8(6)12-9/h2-5H,10H2,1H3,(H,11,12)/t5-/m1/s1. The Kier molecular flexibility index (Phi) is 2.12. The summed E-state index contributed by atoms with van der Waals surface area (Å²) in [7, 11) is 0. The summed E-state index contributed by atoms with van der Waals surface area (Å²) in [5.41, 5.74) is 6.63. The second-order valence-electron chi connectivity index (χ2n) is 3.34. The van der Waals surface area contributed by atoms with Crippen LogP contribution in [0.1, 0.15) is 18.8 Å². The molecule has 1 aromatic heterocycles. The normalized spacial score (nSPS) is 12.9. The van der Waals surface area contributed by atoms with Crippen LogP contribution < -0.4 is 5.73 Å². The molecule has 0 radical (unpaired) electrons. The first-order valence-corrected chi connectivity index (χ1v) is 4.48. The molecule has 3 N–H and O–H groups in total. The largest absolute Gasteiger partial charge is 0.340 e. The Balaban J connectivity index is 2.70. The van der Waals surface area contributed by atoms with Gasteiger partial charge >= 0.3 is 0 Å². The van der Waals surface area contributed by atoms with Gasteiger partial charge in [-0.1, -0.05) is 6.07 Å². The van der Waals surface area contributed by atoms with E-state index >= 15 is 0 Å². The summed E-state index contributed by atoms with van der Waals surface area (Å²) in [6, 6.07) is 4.51. The molecule has 0 spiro atoms. The van der Waals surface area contributed by atoms with Gasteiger partial charge in [-0.05, 0) is 13.0 Å². The molecule has 0 aliphatic carbocycles. The number of hydrogen-bond acceptors (Lipinski definition) is 4. The van der Waals surface area contributed by atoms with Crippen LogP contribution in [0.25, 0.3) is 11.0 Å². The minimum Gasteiger partial charge on any atom is -0.340 e. The van der Waals surface area contributed by atoms with Gasteiger partial charge in [0.05, 0.1) is 16.5 Å². The fourth-order valence-corrected chi connectivity index (χ4v) is 1.40. The molecule has 2 aromatic rings. The highest BCUT2D eigenvalue weighted by Gasteiger charge is 2.16. The minimum absolute atomic E-state index is 0.00403. The van der Waals surface area contributed by atoms with Crippen molar-refractivity contribution in [2.75, 3.05) is 0 Å². The van der Waals surface area contributed by atoms with Crippen molar-refractivity contribution in [3.63, 3.8) is 0 Å². The minimum atomic E-state index is -0.450. The summed E-state index contributed by atoms with van der Waals surface area (Å²) in [6.07, 6.45) is 0. The zero-order valence-electron chi connectivity index (χ0n) is 8.10. The molecule has 2 rings (SSSR count). The van der Waals surface area contributed by atoms with Gasteiger partial charge < -0.3 is 10.7 Å². The lowest BCUT2D eigenvalue weighted by Crippen LogP contribution is -2.06. The number of nitro groups is 1. The van der Waals surface area contributed by atoms with Gasteiger partial charge in [0.2, 0.25) is 0 Å². The molecule has 0 unspecified atom stereocenters. The first kappa shape index (κ1) is 9.60. The number of imidazole rings is 1. The van der Waals surface area contributed by atoms with Crippen molar-refractivity contribution < 1.29 is 4.92 Å². The number of para-hydroxylation sites is 1. The number of nitro benzene ring substituents is 1. The van der Waals surface area contributed by atoms with E-state index in [1.807, 2.05) is 0 Å². The number of H-pyrrole nitrogens is 1. The van der Waals surface area contributed by atoms with Crippen LogP contribution in [0, 0.1) is 10.1 Å². The summed E-state index contributed by atoms with van der Waals surface area (Å²) in [5.74, 6) is 0.555. The average Bonchev–Trinajstić information content (AvgIpc) is 2.60. The predicted molar refractivity (Wildman–Crippen MR) is 55.4 cm³/mol. The van der Waals surface area contributed by atoms with Gasteiger partial charge in [0, 0.05) is 6.07 Å². The lowest BCUT2D eigenvalue weighted by atomic mass is 10.3. The highest BCUT2D eigenvalue weighted by molar-refractivity contribution is 5.84. The molecule has 0 aliphatic rings. The van der Waals surface area contributed by atoms with Gasteiger partial charge in [-0.15, -0.1) is 0 Å². The van der Waals surface area contributed by atoms with Crippen molar-refractivity contribution in [2.24, 2.45) is 5.73 Å². The number of hydrogen-bond donors (Lipinski definition) is 2. The molecule has 0 saturated heterocycles. The van der Waals surface area contributed by atoms with Crippen LogP contribution in [0.15, 0.2) is 18.2 Å². The van der Waals surface area contributed by atoms with Crippen LogP contribution in [-0.2, 0) is 0 Å². The summed E-state index contributed by atoms with van der Waals surface area (Å²) in [5, 5.41) is 10.7. The number of aromatic amines is 1. The van der Waals surface area contributed by atoms with Crippen LogP contribution in [0.2, 0.25) is 0 Å². The van der Waals surface area contributed by atoms with E-state index in [0.29, 0.717) is 16.9 Å². The van der Waals surface area contributed by atoms with E-state index < -0.39 is 4.92 Å². The maximum absolute atomic E-state index is 10.7. The van der Waals surface area contributed by atoms with Gasteiger partial charge in [0.25, 0.3) is 5.69 Å². The maximum atomic E-state index is 10.7. The number of nitrogens with one attached hydrogen (secondary N) is 1. The molecule has 15 heavy (non-hydrogen) atoms. The van der Waals surface area contributed by atoms with Gasteiger partial charge in [0.15, 0.2) is 5.52 Å². The number of non-ortho nitro benzene ring substituents is 1. The first-order chi connectivity index (χ1) is 7.09. The van der Waals surface area contributed by atoms with E-state index in [-0.39, 0.29) is 11.7 Å². The van der Waals surface area contributed by atoms with Crippen LogP contribution in [0.4, 0.5) is 5.69 Å². The monoisotopic (exact) mass is 206 g/mol. The Bertz CT molecular complexity index is 518. The van der Waals surface area contributed by atoms with Crippen molar-refractivity contribution in [1.82, 2.24) is 9.97 Å². The summed E-state index contributed by atoms with van der Waals surface area (Å²) >= 11 is 0. The van der Waals surface area contributed by atoms with E-state index in [1.54, 1.807) is 19.1 Å². The number of fused-ring (bicyclic) bond motifs is 1. The Morgan fingerprint density at radius 2 is 2.33 bits per heavy atom. The molecule has 0 aliphatic heterocycles. The van der Waals surface area contributed by atoms with Crippen molar-refractivity contribution >= 4 is 16.7 Å². The fraction of sp³-hybridized carbons (Fsp3) is 0.222. The Labute approximate surface area is 85.3 Å². The second-order valence-corrected chi connectivity index (χ2v) is 3.34. The summed E-state index contributed by atoms with van der Waals surface area (Å²) in [4.78, 5) is 17.3. The van der Waals surface area contributed by atoms with Crippen LogP contribution in [0.5, 0.6) is 0 Å². The van der Waals surface area contributed by atoms with Crippen molar-refractivity contribution in [3.05, 3.63) is 34.1 Å². The number of benzene rings is 1. The maximum Gasteiger partial charge on any atom is 0.297 e. The molecule has 6 heteroatoms. The van der Waals surface area contributed by atoms with Crippen molar-refractivity contribution in [1.29, 1.82) is 0 Å². The van der Waals surface area contributed by atoms with E-state index in [1.165, 1.54) is 6.07 Å². The Morgan fingerprint density at radius 1 is 1.60 bits per heavy atom. The highest BCUT2D eigenvalue weighted by Crippen LogP contribution is 2.24. The quantitative estimate of drug-likeness (QED) is 0.574. The third-order valence-electron chi connectivity index (χ3n) is 2.14. The molecule has 1 aromatic carbocycles. The summed E-state index contributed by atoms with van der Waals surface area (Å²) in [6.45, 7) is 1.77. The molecule has 1 heterocycles. The van der Waals surface area contributed by atoms with Crippen LogP contribution in [-0.4, -0.2) is 14.9 Å². The third-order valence-corrected chi connectivity index (χ3v) is 2.14. The molecule has 0 fully saturated rings. The number of nitrogens with zero attached hydrogens (tertiary/aromatic N) is 2. The smallest absolute Gasteiger partial charge is 0.297 e. The van der Waals surface area contributed by atoms with Crippen molar-refractivity contribution in [2.45, 2.75) is 13.0 Å². The van der Waals surface area contributed by atoms with E-state index in [2.05, 4.69) is 9.97 Å². The molecular weight excluding hydrogens is 196 g/mol. The van der Waals surface area contributed by atoms with Crippen molar-refractivity contribution in [3.8, 4) is 0 Å². The average molecular weight is 206 g/mol. The van der Waals surface area contributed by atoms with Gasteiger partial charge in [-0.25, -0.2) is 4.98 Å². The Hall–Kier alpha value is -1.95. The van der Waals surface area contributed by atoms with Gasteiger partial charge in [-0.2, -0.15) is 0 Å². The zero-order chi connectivity index (χ0) is 11.0. The number of rotatable bonds is 2. The second kappa shape index (κ2) is 3.32. The molecule has 78 valence electrons. The predicted octanol–water partition coefficient (Wildman–Crippen LogP) is 1.49. The first-order valence-electron chi connectivity index (χ1n) is 4.48. The summed E-state index contributed by atoms with van der Waals surface area (Å²) < 4.78 is 0. The molecular formula is C9H10N4O2. The molecule has 0 saturated carbocycles. The van der Waals surface area contributed by atoms with Gasteiger partial charge in [0.1, 0.15) is 5.82 Å². The zero-order valence-corrected chi connectivity index (χ0v) is 8.10. The Morgan fingerprint density at radius 3 is 2.93 bits per heavy atom. The van der Waals surface area contributed by atoms with Gasteiger partial charge in [-0.3, -0.25) is 10.1 Å². The molecule has 6 nitrogen and oxygen atoms in total. The topological polar surface area (TPSA) is 97.8 Å².